The Hall–Kier alpha value is -1.42. The quantitative estimate of drug-likeness (QED) is 0.195. The summed E-state index contributed by atoms with van der Waals surface area (Å²) >= 11 is 0. The standard InChI is InChI=1S/C20H35N3O4.HI/c1-7-21-20(22-11-13-27-12-10-15(2)3)23-14-16-8-9-17(24-4)19(26-6)18(16)25-5;/h8-9,15H,7,10-14H2,1-6H3,(H2,21,22,23);1H. The van der Waals surface area contributed by atoms with Crippen molar-refractivity contribution >= 4 is 29.9 Å². The smallest absolute Gasteiger partial charge is 0.203 e. The van der Waals surface area contributed by atoms with Crippen molar-refractivity contribution in [2.24, 2.45) is 10.9 Å². The van der Waals surface area contributed by atoms with Gasteiger partial charge in [0.05, 0.1) is 34.5 Å². The third kappa shape index (κ3) is 9.18. The van der Waals surface area contributed by atoms with Gasteiger partial charge in [-0.05, 0) is 31.4 Å². The normalized spacial score (nSPS) is 11.0. The van der Waals surface area contributed by atoms with Crippen molar-refractivity contribution in [3.05, 3.63) is 17.7 Å². The summed E-state index contributed by atoms with van der Waals surface area (Å²) < 4.78 is 21.9. The monoisotopic (exact) mass is 509 g/mol. The Kier molecular flexibility index (Phi) is 14.7. The fourth-order valence-electron chi connectivity index (χ4n) is 2.46. The van der Waals surface area contributed by atoms with Crippen molar-refractivity contribution < 1.29 is 18.9 Å². The number of guanidine groups is 1. The van der Waals surface area contributed by atoms with Crippen molar-refractivity contribution in [3.8, 4) is 17.2 Å². The zero-order chi connectivity index (χ0) is 20.1. The molecular weight excluding hydrogens is 473 g/mol. The van der Waals surface area contributed by atoms with Gasteiger partial charge in [-0.25, -0.2) is 4.99 Å². The Morgan fingerprint density at radius 3 is 2.29 bits per heavy atom. The fourth-order valence-corrected chi connectivity index (χ4v) is 2.46. The highest BCUT2D eigenvalue weighted by atomic mass is 127. The molecule has 0 aliphatic rings. The minimum atomic E-state index is 0. The van der Waals surface area contributed by atoms with E-state index in [2.05, 4.69) is 29.5 Å². The second-order valence-corrected chi connectivity index (χ2v) is 6.41. The van der Waals surface area contributed by atoms with Crippen LogP contribution in [0.4, 0.5) is 0 Å². The molecule has 0 aliphatic heterocycles. The van der Waals surface area contributed by atoms with E-state index in [1.54, 1.807) is 21.3 Å². The Bertz CT molecular complexity index is 583. The molecule has 0 spiro atoms. The first kappa shape index (κ1) is 26.6. The van der Waals surface area contributed by atoms with E-state index in [1.807, 2.05) is 19.1 Å². The van der Waals surface area contributed by atoms with Crippen LogP contribution < -0.4 is 24.8 Å². The molecule has 0 saturated carbocycles. The summed E-state index contributed by atoms with van der Waals surface area (Å²) in [5.74, 6) is 3.23. The topological polar surface area (TPSA) is 73.3 Å². The molecule has 0 atom stereocenters. The number of hydrogen-bond acceptors (Lipinski definition) is 5. The molecule has 0 amide bonds. The molecule has 7 nitrogen and oxygen atoms in total. The van der Waals surface area contributed by atoms with E-state index >= 15 is 0 Å². The lowest BCUT2D eigenvalue weighted by Gasteiger charge is -2.16. The third-order valence-corrected chi connectivity index (χ3v) is 3.92. The molecule has 1 aromatic carbocycles. The predicted octanol–water partition coefficient (Wildman–Crippen LogP) is 3.45. The van der Waals surface area contributed by atoms with Gasteiger partial charge >= 0.3 is 0 Å². The van der Waals surface area contributed by atoms with E-state index in [4.69, 9.17) is 18.9 Å². The van der Waals surface area contributed by atoms with Gasteiger partial charge in [0, 0.05) is 25.3 Å². The number of hydrogen-bond donors (Lipinski definition) is 2. The van der Waals surface area contributed by atoms with E-state index in [9.17, 15) is 0 Å². The molecule has 1 aromatic rings. The number of benzene rings is 1. The van der Waals surface area contributed by atoms with Crippen LogP contribution in [0.3, 0.4) is 0 Å². The van der Waals surface area contributed by atoms with Crippen molar-refractivity contribution in [2.45, 2.75) is 33.7 Å². The van der Waals surface area contributed by atoms with Crippen LogP contribution in [0.2, 0.25) is 0 Å². The van der Waals surface area contributed by atoms with Crippen molar-refractivity contribution in [1.29, 1.82) is 0 Å². The van der Waals surface area contributed by atoms with Gasteiger partial charge in [-0.2, -0.15) is 0 Å². The van der Waals surface area contributed by atoms with Gasteiger partial charge in [0.1, 0.15) is 0 Å². The number of rotatable bonds is 12. The van der Waals surface area contributed by atoms with Crippen LogP contribution >= 0.6 is 24.0 Å². The molecule has 8 heteroatoms. The lowest BCUT2D eigenvalue weighted by Crippen LogP contribution is -2.39. The molecule has 2 N–H and O–H groups in total. The molecule has 0 fully saturated rings. The van der Waals surface area contributed by atoms with E-state index in [-0.39, 0.29) is 24.0 Å². The van der Waals surface area contributed by atoms with E-state index < -0.39 is 0 Å². The summed E-state index contributed by atoms with van der Waals surface area (Å²) in [6.07, 6.45) is 1.08. The minimum Gasteiger partial charge on any atom is -0.493 e. The Balaban J connectivity index is 0.00000729. The predicted molar refractivity (Wildman–Crippen MR) is 125 cm³/mol. The van der Waals surface area contributed by atoms with Gasteiger partial charge < -0.3 is 29.6 Å². The maximum Gasteiger partial charge on any atom is 0.203 e. The Morgan fingerprint density at radius 2 is 1.71 bits per heavy atom. The summed E-state index contributed by atoms with van der Waals surface area (Å²) in [5, 5.41) is 6.52. The molecule has 28 heavy (non-hydrogen) atoms. The summed E-state index contributed by atoms with van der Waals surface area (Å²) in [4.78, 5) is 4.63. The Labute approximate surface area is 186 Å². The number of ether oxygens (including phenoxy) is 4. The zero-order valence-electron chi connectivity index (χ0n) is 18.0. The fraction of sp³-hybridized carbons (Fsp3) is 0.650. The van der Waals surface area contributed by atoms with Crippen LogP contribution in [0.25, 0.3) is 0 Å². The summed E-state index contributed by atoms with van der Waals surface area (Å²) in [6, 6.07) is 3.79. The lowest BCUT2D eigenvalue weighted by atomic mass is 10.1. The molecule has 0 aromatic heterocycles. The average molecular weight is 509 g/mol. The lowest BCUT2D eigenvalue weighted by molar-refractivity contribution is 0.128. The number of methoxy groups -OCH3 is 3. The number of halogens is 1. The highest BCUT2D eigenvalue weighted by Gasteiger charge is 2.15. The SMILES string of the molecule is CCNC(=NCc1ccc(OC)c(OC)c1OC)NCCOCCC(C)C.I. The molecule has 0 unspecified atom stereocenters. The maximum atomic E-state index is 5.63. The van der Waals surface area contributed by atoms with Crippen molar-refractivity contribution in [3.63, 3.8) is 0 Å². The van der Waals surface area contributed by atoms with Gasteiger partial charge in [-0.15, -0.1) is 24.0 Å². The molecule has 0 bridgehead atoms. The molecule has 0 heterocycles. The van der Waals surface area contributed by atoms with Crippen molar-refractivity contribution in [2.75, 3.05) is 47.6 Å². The number of aliphatic imine (C=N–C) groups is 1. The first-order chi connectivity index (χ1) is 13.1. The van der Waals surface area contributed by atoms with Crippen LogP contribution in [0.1, 0.15) is 32.8 Å². The average Bonchev–Trinajstić information content (AvgIpc) is 2.67. The van der Waals surface area contributed by atoms with Crippen LogP contribution in [-0.4, -0.2) is 53.6 Å². The van der Waals surface area contributed by atoms with E-state index in [0.29, 0.717) is 42.9 Å². The molecular formula is C20H36IN3O4. The molecule has 1 rings (SSSR count). The van der Waals surface area contributed by atoms with Gasteiger partial charge in [-0.1, -0.05) is 13.8 Å². The second kappa shape index (κ2) is 15.5. The van der Waals surface area contributed by atoms with Gasteiger partial charge in [-0.3, -0.25) is 0 Å². The van der Waals surface area contributed by atoms with Gasteiger partial charge in [0.25, 0.3) is 0 Å². The first-order valence-corrected chi connectivity index (χ1v) is 9.45. The first-order valence-electron chi connectivity index (χ1n) is 9.45. The van der Waals surface area contributed by atoms with Gasteiger partial charge in [0.15, 0.2) is 17.5 Å². The summed E-state index contributed by atoms with van der Waals surface area (Å²) in [7, 11) is 4.81. The maximum absolute atomic E-state index is 5.63. The van der Waals surface area contributed by atoms with E-state index in [0.717, 1.165) is 31.1 Å². The third-order valence-electron chi connectivity index (χ3n) is 3.92. The van der Waals surface area contributed by atoms with Crippen LogP contribution in [-0.2, 0) is 11.3 Å². The van der Waals surface area contributed by atoms with E-state index in [1.165, 1.54) is 0 Å². The zero-order valence-corrected chi connectivity index (χ0v) is 20.3. The Morgan fingerprint density at radius 1 is 1.00 bits per heavy atom. The van der Waals surface area contributed by atoms with Crippen LogP contribution in [0, 0.1) is 5.92 Å². The second-order valence-electron chi connectivity index (χ2n) is 6.41. The summed E-state index contributed by atoms with van der Waals surface area (Å²) in [6.45, 7) is 9.79. The number of nitrogens with zero attached hydrogens (tertiary/aromatic N) is 1. The number of nitrogens with one attached hydrogen (secondary N) is 2. The highest BCUT2D eigenvalue weighted by Crippen LogP contribution is 2.39. The molecule has 0 aliphatic carbocycles. The molecule has 0 radical (unpaired) electrons. The molecule has 162 valence electrons. The van der Waals surface area contributed by atoms with Gasteiger partial charge in [0.2, 0.25) is 5.75 Å². The summed E-state index contributed by atoms with van der Waals surface area (Å²) in [5.41, 5.74) is 0.917. The highest BCUT2D eigenvalue weighted by molar-refractivity contribution is 14.0. The largest absolute Gasteiger partial charge is 0.493 e. The molecule has 0 saturated heterocycles. The minimum absolute atomic E-state index is 0. The van der Waals surface area contributed by atoms with Crippen LogP contribution in [0.15, 0.2) is 17.1 Å². The van der Waals surface area contributed by atoms with Crippen LogP contribution in [0.5, 0.6) is 17.2 Å². The van der Waals surface area contributed by atoms with Crippen molar-refractivity contribution in [1.82, 2.24) is 10.6 Å².